The van der Waals surface area contributed by atoms with Crippen molar-refractivity contribution >= 4 is 5.82 Å². The summed E-state index contributed by atoms with van der Waals surface area (Å²) in [6, 6.07) is 1.90. The monoisotopic (exact) mass is 277 g/mol. The van der Waals surface area contributed by atoms with Crippen LogP contribution in [0.2, 0.25) is 0 Å². The predicted octanol–water partition coefficient (Wildman–Crippen LogP) is 3.77. The smallest absolute Gasteiger partial charge is 0.218 e. The van der Waals surface area contributed by atoms with Crippen molar-refractivity contribution in [2.24, 2.45) is 5.92 Å². The fourth-order valence-corrected chi connectivity index (χ4v) is 2.22. The Morgan fingerprint density at radius 1 is 1.30 bits per heavy atom. The highest BCUT2D eigenvalue weighted by atomic mass is 16.5. The third kappa shape index (κ3) is 4.09. The molecule has 1 aromatic rings. The van der Waals surface area contributed by atoms with Crippen LogP contribution in [0.5, 0.6) is 5.88 Å². The largest absolute Gasteiger partial charge is 0.478 e. The molecule has 4 heteroatoms. The minimum atomic E-state index is -0.0719. The maximum atomic E-state index is 5.84. The van der Waals surface area contributed by atoms with Crippen molar-refractivity contribution in [3.63, 3.8) is 0 Å². The Bertz CT molecular complexity index is 436. The SMILES string of the molecule is CCNc1cc(OCCC2CCC2)nc(C(C)(C)C)n1. The van der Waals surface area contributed by atoms with Crippen LogP contribution in [0, 0.1) is 5.92 Å². The quantitative estimate of drug-likeness (QED) is 0.859. The molecule has 1 aliphatic rings. The van der Waals surface area contributed by atoms with Crippen LogP contribution in [0.4, 0.5) is 5.82 Å². The summed E-state index contributed by atoms with van der Waals surface area (Å²) in [5.74, 6) is 3.24. The molecule has 0 atom stereocenters. The van der Waals surface area contributed by atoms with Crippen LogP contribution < -0.4 is 10.1 Å². The molecule has 0 radical (unpaired) electrons. The Kier molecular flexibility index (Phi) is 4.84. The van der Waals surface area contributed by atoms with Gasteiger partial charge in [0.2, 0.25) is 5.88 Å². The lowest BCUT2D eigenvalue weighted by molar-refractivity contribution is 0.216. The van der Waals surface area contributed by atoms with Gasteiger partial charge in [-0.05, 0) is 19.3 Å². The van der Waals surface area contributed by atoms with Gasteiger partial charge in [-0.1, -0.05) is 40.0 Å². The average Bonchev–Trinajstić information content (AvgIpc) is 2.31. The van der Waals surface area contributed by atoms with E-state index >= 15 is 0 Å². The Morgan fingerprint density at radius 2 is 2.05 bits per heavy atom. The van der Waals surface area contributed by atoms with Crippen molar-refractivity contribution in [2.75, 3.05) is 18.5 Å². The van der Waals surface area contributed by atoms with Gasteiger partial charge in [0, 0.05) is 18.0 Å². The van der Waals surface area contributed by atoms with Gasteiger partial charge < -0.3 is 10.1 Å². The lowest BCUT2D eigenvalue weighted by Gasteiger charge is -2.25. The minimum absolute atomic E-state index is 0.0719. The van der Waals surface area contributed by atoms with Gasteiger partial charge in [-0.25, -0.2) is 4.98 Å². The first-order valence-electron chi connectivity index (χ1n) is 7.75. The number of hydrogen-bond donors (Lipinski definition) is 1. The summed E-state index contributed by atoms with van der Waals surface area (Å²) in [6.45, 7) is 10.0. The number of nitrogens with zero attached hydrogens (tertiary/aromatic N) is 2. The molecule has 1 fully saturated rings. The van der Waals surface area contributed by atoms with E-state index in [-0.39, 0.29) is 5.41 Å². The number of hydrogen-bond acceptors (Lipinski definition) is 4. The fraction of sp³-hybridized carbons (Fsp3) is 0.750. The van der Waals surface area contributed by atoms with Crippen molar-refractivity contribution in [3.8, 4) is 5.88 Å². The predicted molar refractivity (Wildman–Crippen MR) is 82.3 cm³/mol. The summed E-state index contributed by atoms with van der Waals surface area (Å²) in [5, 5.41) is 3.25. The van der Waals surface area contributed by atoms with Crippen LogP contribution >= 0.6 is 0 Å². The summed E-state index contributed by atoms with van der Waals surface area (Å²) in [7, 11) is 0. The molecular weight excluding hydrogens is 250 g/mol. The average molecular weight is 277 g/mol. The molecule has 2 rings (SSSR count). The van der Waals surface area contributed by atoms with Gasteiger partial charge in [-0.2, -0.15) is 4.98 Å². The highest BCUT2D eigenvalue weighted by molar-refractivity contribution is 5.39. The van der Waals surface area contributed by atoms with E-state index in [2.05, 4.69) is 43.0 Å². The molecular formula is C16H27N3O. The normalized spacial score (nSPS) is 15.8. The Balaban J connectivity index is 2.03. The molecule has 1 N–H and O–H groups in total. The van der Waals surface area contributed by atoms with Crippen LogP contribution in [0.1, 0.15) is 59.2 Å². The van der Waals surface area contributed by atoms with Gasteiger partial charge in [0.25, 0.3) is 0 Å². The molecule has 0 spiro atoms. The second kappa shape index (κ2) is 6.42. The summed E-state index contributed by atoms with van der Waals surface area (Å²) in [6.07, 6.45) is 5.26. The Morgan fingerprint density at radius 3 is 2.60 bits per heavy atom. The molecule has 4 nitrogen and oxygen atoms in total. The molecule has 0 unspecified atom stereocenters. The molecule has 0 bridgehead atoms. The first-order chi connectivity index (χ1) is 9.49. The minimum Gasteiger partial charge on any atom is -0.478 e. The first kappa shape index (κ1) is 15.1. The van der Waals surface area contributed by atoms with E-state index < -0.39 is 0 Å². The summed E-state index contributed by atoms with van der Waals surface area (Å²) in [4.78, 5) is 9.12. The number of nitrogens with one attached hydrogen (secondary N) is 1. The molecule has 20 heavy (non-hydrogen) atoms. The van der Waals surface area contributed by atoms with E-state index in [4.69, 9.17) is 4.74 Å². The van der Waals surface area contributed by atoms with Crippen LogP contribution in [0.15, 0.2) is 6.07 Å². The second-order valence-electron chi connectivity index (χ2n) is 6.63. The molecule has 1 heterocycles. The third-order valence-corrected chi connectivity index (χ3v) is 3.73. The summed E-state index contributed by atoms with van der Waals surface area (Å²) in [5.41, 5.74) is -0.0719. The number of anilines is 1. The second-order valence-corrected chi connectivity index (χ2v) is 6.63. The zero-order valence-corrected chi connectivity index (χ0v) is 13.2. The van der Waals surface area contributed by atoms with Crippen molar-refractivity contribution in [1.82, 2.24) is 9.97 Å². The van der Waals surface area contributed by atoms with E-state index in [1.807, 2.05) is 6.07 Å². The number of ether oxygens (including phenoxy) is 1. The maximum absolute atomic E-state index is 5.84. The molecule has 1 aliphatic carbocycles. The lowest BCUT2D eigenvalue weighted by Crippen LogP contribution is -2.19. The van der Waals surface area contributed by atoms with Gasteiger partial charge in [0.15, 0.2) is 0 Å². The van der Waals surface area contributed by atoms with E-state index in [0.717, 1.165) is 37.1 Å². The molecule has 112 valence electrons. The third-order valence-electron chi connectivity index (χ3n) is 3.73. The molecule has 1 saturated carbocycles. The van der Waals surface area contributed by atoms with Gasteiger partial charge >= 0.3 is 0 Å². The van der Waals surface area contributed by atoms with Gasteiger partial charge in [-0.3, -0.25) is 0 Å². The van der Waals surface area contributed by atoms with Crippen LogP contribution in [-0.4, -0.2) is 23.1 Å². The van der Waals surface area contributed by atoms with Crippen molar-refractivity contribution in [2.45, 2.75) is 58.8 Å². The van der Waals surface area contributed by atoms with Gasteiger partial charge in [0.1, 0.15) is 11.6 Å². The Labute approximate surface area is 122 Å². The van der Waals surface area contributed by atoms with Crippen LogP contribution in [0.3, 0.4) is 0 Å². The van der Waals surface area contributed by atoms with E-state index in [9.17, 15) is 0 Å². The maximum Gasteiger partial charge on any atom is 0.218 e. The molecule has 0 amide bonds. The molecule has 0 aromatic carbocycles. The van der Waals surface area contributed by atoms with Crippen LogP contribution in [0.25, 0.3) is 0 Å². The van der Waals surface area contributed by atoms with Gasteiger partial charge in [0.05, 0.1) is 6.61 Å². The topological polar surface area (TPSA) is 47.0 Å². The highest BCUT2D eigenvalue weighted by Crippen LogP contribution is 2.29. The van der Waals surface area contributed by atoms with E-state index in [1.165, 1.54) is 19.3 Å². The zero-order chi connectivity index (χ0) is 14.6. The van der Waals surface area contributed by atoms with E-state index in [1.54, 1.807) is 0 Å². The molecule has 0 aliphatic heterocycles. The van der Waals surface area contributed by atoms with Crippen molar-refractivity contribution < 1.29 is 4.74 Å². The molecule has 1 aromatic heterocycles. The van der Waals surface area contributed by atoms with Crippen molar-refractivity contribution in [1.29, 1.82) is 0 Å². The van der Waals surface area contributed by atoms with Crippen LogP contribution in [-0.2, 0) is 5.41 Å². The molecule has 0 saturated heterocycles. The summed E-state index contributed by atoms with van der Waals surface area (Å²) < 4.78 is 5.84. The number of rotatable bonds is 6. The highest BCUT2D eigenvalue weighted by Gasteiger charge is 2.20. The lowest BCUT2D eigenvalue weighted by atomic mass is 9.83. The first-order valence-corrected chi connectivity index (χ1v) is 7.75. The van der Waals surface area contributed by atoms with E-state index in [0.29, 0.717) is 5.88 Å². The standard InChI is InChI=1S/C16H27N3O/c1-5-17-13-11-14(19-15(18-13)16(2,3)4)20-10-9-12-7-6-8-12/h11-12H,5-10H2,1-4H3,(H,17,18,19). The fourth-order valence-electron chi connectivity index (χ4n) is 2.22. The summed E-state index contributed by atoms with van der Waals surface area (Å²) >= 11 is 0. The zero-order valence-electron chi connectivity index (χ0n) is 13.2. The Hall–Kier alpha value is -1.32. The van der Waals surface area contributed by atoms with Crippen molar-refractivity contribution in [3.05, 3.63) is 11.9 Å². The number of aromatic nitrogens is 2. The van der Waals surface area contributed by atoms with Gasteiger partial charge in [-0.15, -0.1) is 0 Å².